The van der Waals surface area contributed by atoms with Gasteiger partial charge >= 0.3 is 6.03 Å². The number of urea groups is 1. The fraction of sp³-hybridized carbons (Fsp3) is 0.304. The van der Waals surface area contributed by atoms with Crippen LogP contribution in [0.4, 0.5) is 26.6 Å². The maximum atomic E-state index is 13.7. The molecule has 1 saturated heterocycles. The number of nitrogens with one attached hydrogen (secondary N) is 1. The molecule has 0 spiro atoms. The van der Waals surface area contributed by atoms with Crippen molar-refractivity contribution in [1.29, 1.82) is 0 Å². The number of aromatic nitrogens is 3. The van der Waals surface area contributed by atoms with Crippen LogP contribution in [0, 0.1) is 5.82 Å². The van der Waals surface area contributed by atoms with Crippen molar-refractivity contribution >= 4 is 23.5 Å². The van der Waals surface area contributed by atoms with Gasteiger partial charge in [-0.25, -0.2) is 24.1 Å². The molecule has 172 valence electrons. The normalized spacial score (nSPS) is 13.6. The summed E-state index contributed by atoms with van der Waals surface area (Å²) >= 11 is 0. The van der Waals surface area contributed by atoms with Crippen LogP contribution in [0.2, 0.25) is 0 Å². The van der Waals surface area contributed by atoms with E-state index in [0.717, 1.165) is 0 Å². The second-order valence-electron chi connectivity index (χ2n) is 7.58. The summed E-state index contributed by atoms with van der Waals surface area (Å²) in [5, 5.41) is 2.86. The molecule has 1 aliphatic rings. The van der Waals surface area contributed by atoms with Crippen LogP contribution in [0.15, 0.2) is 48.8 Å². The molecule has 3 aromatic rings. The van der Waals surface area contributed by atoms with Gasteiger partial charge in [0.2, 0.25) is 5.95 Å². The average Bonchev–Trinajstić information content (AvgIpc) is 2.84. The number of nitrogen functional groups attached to an aromatic ring is 1. The van der Waals surface area contributed by atoms with Gasteiger partial charge in [0.15, 0.2) is 11.6 Å². The number of benzene rings is 1. The molecule has 0 atom stereocenters. The van der Waals surface area contributed by atoms with E-state index in [1.54, 1.807) is 35.5 Å². The number of piperazine rings is 1. The molecule has 3 N–H and O–H groups in total. The minimum absolute atomic E-state index is 0.198. The summed E-state index contributed by atoms with van der Waals surface area (Å²) in [4.78, 5) is 29.0. The fourth-order valence-corrected chi connectivity index (χ4v) is 3.62. The third kappa shape index (κ3) is 5.46. The Morgan fingerprint density at radius 2 is 1.97 bits per heavy atom. The number of amides is 2. The molecule has 0 unspecified atom stereocenters. The molecule has 1 fully saturated rings. The first-order valence-corrected chi connectivity index (χ1v) is 10.8. The highest BCUT2D eigenvalue weighted by molar-refractivity contribution is 5.89. The summed E-state index contributed by atoms with van der Waals surface area (Å²) in [5.41, 5.74) is 7.46. The van der Waals surface area contributed by atoms with Crippen molar-refractivity contribution in [3.8, 4) is 5.75 Å². The molecule has 1 aromatic carbocycles. The van der Waals surface area contributed by atoms with E-state index in [2.05, 4.69) is 25.2 Å². The van der Waals surface area contributed by atoms with E-state index in [1.165, 1.54) is 6.07 Å². The van der Waals surface area contributed by atoms with E-state index < -0.39 is 0 Å². The third-order valence-corrected chi connectivity index (χ3v) is 5.40. The second-order valence-corrected chi connectivity index (χ2v) is 7.58. The monoisotopic (exact) mass is 451 g/mol. The number of ether oxygens (including phenoxy) is 1. The largest absolute Gasteiger partial charge is 0.483 e. The maximum Gasteiger partial charge on any atom is 0.321 e. The Bertz CT molecular complexity index is 1120. The lowest BCUT2D eigenvalue weighted by Gasteiger charge is -2.35. The van der Waals surface area contributed by atoms with E-state index in [1.807, 2.05) is 19.1 Å². The number of carbonyl (C=O) groups is 1. The number of halogens is 1. The molecule has 33 heavy (non-hydrogen) atoms. The first kappa shape index (κ1) is 22.3. The van der Waals surface area contributed by atoms with Crippen LogP contribution in [0.5, 0.6) is 5.75 Å². The average molecular weight is 452 g/mol. The quantitative estimate of drug-likeness (QED) is 0.593. The van der Waals surface area contributed by atoms with Crippen molar-refractivity contribution in [3.63, 3.8) is 0 Å². The van der Waals surface area contributed by atoms with Crippen LogP contribution in [-0.4, -0.2) is 52.1 Å². The number of hydrogen-bond donors (Lipinski definition) is 2. The number of hydrogen-bond acceptors (Lipinski definition) is 7. The van der Waals surface area contributed by atoms with Crippen LogP contribution < -0.4 is 20.7 Å². The number of rotatable bonds is 6. The first-order valence-electron chi connectivity index (χ1n) is 10.8. The van der Waals surface area contributed by atoms with E-state index >= 15 is 0 Å². The third-order valence-electron chi connectivity index (χ3n) is 5.40. The summed E-state index contributed by atoms with van der Waals surface area (Å²) in [5.74, 6) is 1.28. The number of nitrogens with two attached hydrogens (primary N) is 1. The van der Waals surface area contributed by atoms with Gasteiger partial charge in [0.05, 0.1) is 5.69 Å². The van der Waals surface area contributed by atoms with Crippen molar-refractivity contribution in [2.45, 2.75) is 20.0 Å². The van der Waals surface area contributed by atoms with Gasteiger partial charge in [0.1, 0.15) is 12.4 Å². The molecule has 0 bridgehead atoms. The molecule has 0 saturated carbocycles. The molecule has 2 amide bonds. The van der Waals surface area contributed by atoms with Gasteiger partial charge in [0.25, 0.3) is 0 Å². The molecular formula is C23H26FN7O2. The molecule has 10 heteroatoms. The molecule has 4 rings (SSSR count). The minimum atomic E-state index is -0.263. The van der Waals surface area contributed by atoms with E-state index in [4.69, 9.17) is 10.5 Å². The summed E-state index contributed by atoms with van der Waals surface area (Å²) in [6.07, 6.45) is 3.86. The first-order chi connectivity index (χ1) is 16.0. The predicted molar refractivity (Wildman–Crippen MR) is 124 cm³/mol. The number of anilines is 3. The molecule has 9 nitrogen and oxygen atoms in total. The van der Waals surface area contributed by atoms with Gasteiger partial charge < -0.3 is 25.6 Å². The number of carbonyl (C=O) groups excluding carboxylic acids is 1. The summed E-state index contributed by atoms with van der Waals surface area (Å²) < 4.78 is 19.7. The molecule has 0 radical (unpaired) electrons. The number of aryl methyl sites for hydroxylation is 1. The Morgan fingerprint density at radius 3 is 2.73 bits per heavy atom. The summed E-state index contributed by atoms with van der Waals surface area (Å²) in [6.45, 7) is 4.36. The zero-order valence-corrected chi connectivity index (χ0v) is 18.4. The van der Waals surface area contributed by atoms with Crippen LogP contribution in [0.3, 0.4) is 0 Å². The summed E-state index contributed by atoms with van der Waals surface area (Å²) in [6, 6.07) is 9.83. The van der Waals surface area contributed by atoms with Gasteiger partial charge in [-0.05, 0) is 48.4 Å². The fourth-order valence-electron chi connectivity index (χ4n) is 3.62. The van der Waals surface area contributed by atoms with Crippen LogP contribution >= 0.6 is 0 Å². The Kier molecular flexibility index (Phi) is 6.82. The maximum absolute atomic E-state index is 13.7. The molecule has 3 heterocycles. The van der Waals surface area contributed by atoms with Gasteiger partial charge in [-0.2, -0.15) is 0 Å². The van der Waals surface area contributed by atoms with Crippen molar-refractivity contribution in [3.05, 3.63) is 65.9 Å². The lowest BCUT2D eigenvalue weighted by Crippen LogP contribution is -2.50. The second kappa shape index (κ2) is 10.1. The van der Waals surface area contributed by atoms with Crippen LogP contribution in [0.1, 0.15) is 18.2 Å². The SMILES string of the molecule is CCc1cc(NC(=O)N2CCN(c3ncccc3OCc3ccnc(N)n3)CC2)ccc1F. The zero-order valence-electron chi connectivity index (χ0n) is 18.4. The van der Waals surface area contributed by atoms with Crippen molar-refractivity contribution in [2.24, 2.45) is 0 Å². The number of pyridine rings is 1. The minimum Gasteiger partial charge on any atom is -0.483 e. The lowest BCUT2D eigenvalue weighted by molar-refractivity contribution is 0.208. The molecule has 0 aliphatic carbocycles. The Morgan fingerprint density at radius 1 is 1.15 bits per heavy atom. The standard InChI is InChI=1S/C23H26FN7O2/c1-2-16-14-17(5-6-19(16)24)29-23(32)31-12-10-30(11-13-31)21-20(4-3-8-26-21)33-15-18-7-9-27-22(25)28-18/h3-9,14H,2,10-13,15H2,1H3,(H,29,32)(H2,25,27,28). The van der Waals surface area contributed by atoms with E-state index in [-0.39, 0.29) is 24.4 Å². The summed E-state index contributed by atoms with van der Waals surface area (Å²) in [7, 11) is 0. The predicted octanol–water partition coefficient (Wildman–Crippen LogP) is 3.09. The van der Waals surface area contributed by atoms with E-state index in [0.29, 0.717) is 61.1 Å². The Hall–Kier alpha value is -3.95. The van der Waals surface area contributed by atoms with Crippen LogP contribution in [-0.2, 0) is 13.0 Å². The van der Waals surface area contributed by atoms with Gasteiger partial charge in [-0.1, -0.05) is 6.92 Å². The number of nitrogens with zero attached hydrogens (tertiary/aromatic N) is 5. The molecule has 1 aliphatic heterocycles. The van der Waals surface area contributed by atoms with Gasteiger partial charge in [0, 0.05) is 44.3 Å². The highest BCUT2D eigenvalue weighted by atomic mass is 19.1. The van der Waals surface area contributed by atoms with Crippen molar-refractivity contribution in [2.75, 3.05) is 42.1 Å². The van der Waals surface area contributed by atoms with Gasteiger partial charge in [-0.15, -0.1) is 0 Å². The zero-order chi connectivity index (χ0) is 23.2. The van der Waals surface area contributed by atoms with Gasteiger partial charge in [-0.3, -0.25) is 0 Å². The Balaban J connectivity index is 1.35. The van der Waals surface area contributed by atoms with Crippen molar-refractivity contribution in [1.82, 2.24) is 19.9 Å². The van der Waals surface area contributed by atoms with E-state index in [9.17, 15) is 9.18 Å². The van der Waals surface area contributed by atoms with Crippen LogP contribution in [0.25, 0.3) is 0 Å². The smallest absolute Gasteiger partial charge is 0.321 e. The highest BCUT2D eigenvalue weighted by Gasteiger charge is 2.24. The van der Waals surface area contributed by atoms with Crippen molar-refractivity contribution < 1.29 is 13.9 Å². The topological polar surface area (TPSA) is 110 Å². The Labute approximate surface area is 191 Å². The molecular weight excluding hydrogens is 425 g/mol. The highest BCUT2D eigenvalue weighted by Crippen LogP contribution is 2.27. The lowest BCUT2D eigenvalue weighted by atomic mass is 10.1. The molecule has 2 aromatic heterocycles.